The number of amides is 2. The molecule has 1 fully saturated rings. The monoisotopic (exact) mass is 420 g/mol. The minimum absolute atomic E-state index is 0.0537. The normalized spacial score (nSPS) is 15.7. The van der Waals surface area contributed by atoms with E-state index in [1.807, 2.05) is 47.3 Å². The van der Waals surface area contributed by atoms with Crippen molar-refractivity contribution in [1.29, 1.82) is 0 Å². The van der Waals surface area contributed by atoms with Crippen molar-refractivity contribution in [2.75, 3.05) is 37.0 Å². The number of hydrogen-bond donors (Lipinski definition) is 2. The predicted molar refractivity (Wildman–Crippen MR) is 116 cm³/mol. The lowest BCUT2D eigenvalue weighted by atomic mass is 10.1. The summed E-state index contributed by atoms with van der Waals surface area (Å²) in [5.74, 6) is 1.61. The van der Waals surface area contributed by atoms with Crippen LogP contribution in [0.25, 0.3) is 5.82 Å². The molecule has 1 atom stereocenters. The van der Waals surface area contributed by atoms with Gasteiger partial charge in [0, 0.05) is 50.2 Å². The zero-order chi connectivity index (χ0) is 21.6. The van der Waals surface area contributed by atoms with Gasteiger partial charge < -0.3 is 24.8 Å². The first kappa shape index (κ1) is 20.4. The zero-order valence-electron chi connectivity index (χ0n) is 17.2. The van der Waals surface area contributed by atoms with Crippen molar-refractivity contribution in [2.45, 2.75) is 6.42 Å². The summed E-state index contributed by atoms with van der Waals surface area (Å²) in [4.78, 5) is 35.0. The van der Waals surface area contributed by atoms with Crippen molar-refractivity contribution in [1.82, 2.24) is 19.9 Å². The first-order chi connectivity index (χ1) is 15.1. The third-order valence-corrected chi connectivity index (χ3v) is 5.13. The molecule has 1 aliphatic rings. The van der Waals surface area contributed by atoms with Crippen molar-refractivity contribution >= 4 is 23.3 Å². The van der Waals surface area contributed by atoms with Gasteiger partial charge in [-0.05, 0) is 36.4 Å². The Bertz CT molecular complexity index is 1040. The van der Waals surface area contributed by atoms with Gasteiger partial charge in [-0.25, -0.2) is 9.97 Å². The Hall–Kier alpha value is -3.88. The first-order valence-corrected chi connectivity index (χ1v) is 10.1. The fourth-order valence-corrected chi connectivity index (χ4v) is 3.49. The van der Waals surface area contributed by atoms with Crippen LogP contribution in [0.1, 0.15) is 6.42 Å². The standard InChI is InChI=1S/C22H24N6O3/c1-31-18-6-4-17(5-7-18)28-14-16(12-21(28)29)22(30)24-9-8-23-19-13-20(26-15-25-19)27-10-2-3-11-27/h2-7,10-11,13,15-16H,8-9,12,14H2,1H3,(H,24,30)(H,23,25,26). The van der Waals surface area contributed by atoms with E-state index in [1.54, 1.807) is 24.1 Å². The third kappa shape index (κ3) is 4.82. The highest BCUT2D eigenvalue weighted by Crippen LogP contribution is 2.26. The molecule has 2 N–H and O–H groups in total. The van der Waals surface area contributed by atoms with Gasteiger partial charge in [-0.15, -0.1) is 0 Å². The summed E-state index contributed by atoms with van der Waals surface area (Å²) in [6, 6.07) is 12.9. The van der Waals surface area contributed by atoms with E-state index in [-0.39, 0.29) is 24.2 Å². The summed E-state index contributed by atoms with van der Waals surface area (Å²) in [6.45, 7) is 1.31. The van der Waals surface area contributed by atoms with E-state index in [0.29, 0.717) is 25.5 Å². The molecule has 9 heteroatoms. The molecule has 3 heterocycles. The number of ether oxygens (including phenoxy) is 1. The lowest BCUT2D eigenvalue weighted by Gasteiger charge is -2.17. The SMILES string of the molecule is COc1ccc(N2CC(C(=O)NCCNc3cc(-n4cccc4)ncn3)CC2=O)cc1. The van der Waals surface area contributed by atoms with Crippen LogP contribution < -0.4 is 20.3 Å². The number of nitrogens with one attached hydrogen (secondary N) is 2. The number of anilines is 2. The first-order valence-electron chi connectivity index (χ1n) is 10.1. The van der Waals surface area contributed by atoms with Crippen molar-refractivity contribution in [2.24, 2.45) is 5.92 Å². The van der Waals surface area contributed by atoms with Crippen molar-refractivity contribution in [3.05, 3.63) is 61.2 Å². The lowest BCUT2D eigenvalue weighted by molar-refractivity contribution is -0.126. The Kier molecular flexibility index (Phi) is 6.11. The summed E-state index contributed by atoms with van der Waals surface area (Å²) in [7, 11) is 1.59. The van der Waals surface area contributed by atoms with Gasteiger partial charge in [0.1, 0.15) is 23.7 Å². The Labute approximate surface area is 180 Å². The smallest absolute Gasteiger partial charge is 0.227 e. The molecule has 9 nitrogen and oxygen atoms in total. The van der Waals surface area contributed by atoms with E-state index in [9.17, 15) is 9.59 Å². The van der Waals surface area contributed by atoms with E-state index in [1.165, 1.54) is 6.33 Å². The van der Waals surface area contributed by atoms with E-state index >= 15 is 0 Å². The van der Waals surface area contributed by atoms with Crippen LogP contribution in [0, 0.1) is 5.92 Å². The Morgan fingerprint density at radius 1 is 1.16 bits per heavy atom. The van der Waals surface area contributed by atoms with Gasteiger partial charge in [0.25, 0.3) is 0 Å². The highest BCUT2D eigenvalue weighted by atomic mass is 16.5. The second-order valence-corrected chi connectivity index (χ2v) is 7.17. The molecule has 1 aromatic carbocycles. The van der Waals surface area contributed by atoms with Crippen LogP contribution >= 0.6 is 0 Å². The number of benzene rings is 1. The molecule has 160 valence electrons. The number of carbonyl (C=O) groups excluding carboxylic acids is 2. The molecule has 0 radical (unpaired) electrons. The number of nitrogens with zero attached hydrogens (tertiary/aromatic N) is 4. The maximum atomic E-state index is 12.5. The van der Waals surface area contributed by atoms with E-state index in [0.717, 1.165) is 17.3 Å². The number of carbonyl (C=O) groups is 2. The summed E-state index contributed by atoms with van der Waals surface area (Å²) >= 11 is 0. The maximum absolute atomic E-state index is 12.5. The lowest BCUT2D eigenvalue weighted by Crippen LogP contribution is -2.35. The molecule has 1 unspecified atom stereocenters. The molecule has 4 rings (SSSR count). The molecule has 2 amide bonds. The number of rotatable bonds is 8. The fraction of sp³-hybridized carbons (Fsp3) is 0.273. The largest absolute Gasteiger partial charge is 0.497 e. The minimum atomic E-state index is -0.367. The highest BCUT2D eigenvalue weighted by molar-refractivity contribution is 6.00. The van der Waals surface area contributed by atoms with E-state index in [4.69, 9.17) is 4.74 Å². The van der Waals surface area contributed by atoms with Gasteiger partial charge in [0.15, 0.2) is 0 Å². The quantitative estimate of drug-likeness (QED) is 0.540. The molecule has 0 spiro atoms. The van der Waals surface area contributed by atoms with Gasteiger partial charge >= 0.3 is 0 Å². The molecular formula is C22H24N6O3. The second-order valence-electron chi connectivity index (χ2n) is 7.17. The average molecular weight is 420 g/mol. The second kappa shape index (κ2) is 9.29. The van der Waals surface area contributed by atoms with Crippen LogP contribution in [-0.2, 0) is 9.59 Å². The topological polar surface area (TPSA) is 101 Å². The molecular weight excluding hydrogens is 396 g/mol. The molecule has 0 bridgehead atoms. The summed E-state index contributed by atoms with van der Waals surface area (Å²) in [5, 5.41) is 6.08. The van der Waals surface area contributed by atoms with Gasteiger partial charge in [0.2, 0.25) is 11.8 Å². The van der Waals surface area contributed by atoms with Crippen LogP contribution in [0.4, 0.5) is 11.5 Å². The average Bonchev–Trinajstić information content (AvgIpc) is 3.47. The number of methoxy groups -OCH3 is 1. The van der Waals surface area contributed by atoms with Crippen LogP contribution in [-0.4, -0.2) is 53.1 Å². The van der Waals surface area contributed by atoms with Gasteiger partial charge in [-0.3, -0.25) is 9.59 Å². The van der Waals surface area contributed by atoms with E-state index < -0.39 is 0 Å². The fourth-order valence-electron chi connectivity index (χ4n) is 3.49. The van der Waals surface area contributed by atoms with Crippen molar-refractivity contribution in [3.63, 3.8) is 0 Å². The third-order valence-electron chi connectivity index (χ3n) is 5.13. The number of aromatic nitrogens is 3. The predicted octanol–water partition coefficient (Wildman–Crippen LogP) is 1.86. The van der Waals surface area contributed by atoms with Crippen LogP contribution in [0.5, 0.6) is 5.75 Å². The molecule has 3 aromatic rings. The summed E-state index contributed by atoms with van der Waals surface area (Å²) in [5.41, 5.74) is 0.769. The van der Waals surface area contributed by atoms with Crippen LogP contribution in [0.2, 0.25) is 0 Å². The Morgan fingerprint density at radius 2 is 1.94 bits per heavy atom. The molecule has 1 saturated heterocycles. The van der Waals surface area contributed by atoms with E-state index in [2.05, 4.69) is 20.6 Å². The minimum Gasteiger partial charge on any atom is -0.497 e. The Morgan fingerprint density at radius 3 is 2.68 bits per heavy atom. The molecule has 1 aliphatic heterocycles. The number of hydrogen-bond acceptors (Lipinski definition) is 6. The summed E-state index contributed by atoms with van der Waals surface area (Å²) in [6.07, 6.45) is 5.51. The highest BCUT2D eigenvalue weighted by Gasteiger charge is 2.34. The van der Waals surface area contributed by atoms with Crippen LogP contribution in [0.3, 0.4) is 0 Å². The Balaban J connectivity index is 1.25. The maximum Gasteiger partial charge on any atom is 0.227 e. The van der Waals surface area contributed by atoms with Gasteiger partial charge in [-0.1, -0.05) is 0 Å². The zero-order valence-corrected chi connectivity index (χ0v) is 17.2. The van der Waals surface area contributed by atoms with Gasteiger partial charge in [-0.2, -0.15) is 0 Å². The molecule has 2 aromatic heterocycles. The van der Waals surface area contributed by atoms with Crippen molar-refractivity contribution < 1.29 is 14.3 Å². The van der Waals surface area contributed by atoms with Crippen molar-refractivity contribution in [3.8, 4) is 11.6 Å². The molecule has 0 aliphatic carbocycles. The van der Waals surface area contributed by atoms with Gasteiger partial charge in [0.05, 0.1) is 13.0 Å². The van der Waals surface area contributed by atoms with Crippen LogP contribution in [0.15, 0.2) is 61.2 Å². The molecule has 0 saturated carbocycles. The molecule has 31 heavy (non-hydrogen) atoms. The summed E-state index contributed by atoms with van der Waals surface area (Å²) < 4.78 is 7.04.